The number of hydrogen-bond acceptors (Lipinski definition) is 4. The number of esters is 1. The number of methoxy groups -OCH3 is 1. The van der Waals surface area contributed by atoms with Crippen molar-refractivity contribution in [1.29, 1.82) is 0 Å². The largest absolute Gasteiger partial charge is 0.465 e. The molecule has 4 nitrogen and oxygen atoms in total. The lowest BCUT2D eigenvalue weighted by molar-refractivity contribution is 0.0602. The third-order valence-corrected chi connectivity index (χ3v) is 4.47. The SMILES string of the molecule is COC(=O)c1cccc(NC2CCC(C)C(C)C2)c1N. The van der Waals surface area contributed by atoms with Gasteiger partial charge in [0.05, 0.1) is 24.0 Å². The van der Waals surface area contributed by atoms with Crippen molar-refractivity contribution in [3.05, 3.63) is 23.8 Å². The molecule has 20 heavy (non-hydrogen) atoms. The summed E-state index contributed by atoms with van der Waals surface area (Å²) in [5, 5.41) is 3.49. The fourth-order valence-electron chi connectivity index (χ4n) is 2.88. The van der Waals surface area contributed by atoms with Crippen molar-refractivity contribution in [2.24, 2.45) is 11.8 Å². The van der Waals surface area contributed by atoms with Crippen LogP contribution in [0.15, 0.2) is 18.2 Å². The Morgan fingerprint density at radius 2 is 2.05 bits per heavy atom. The Hall–Kier alpha value is -1.71. The topological polar surface area (TPSA) is 64.3 Å². The van der Waals surface area contributed by atoms with Gasteiger partial charge in [-0.25, -0.2) is 4.79 Å². The number of nitrogen functional groups attached to an aromatic ring is 1. The van der Waals surface area contributed by atoms with Crippen LogP contribution in [0.2, 0.25) is 0 Å². The summed E-state index contributed by atoms with van der Waals surface area (Å²) in [6.07, 6.45) is 3.52. The Kier molecular flexibility index (Phi) is 4.53. The number of nitrogens with one attached hydrogen (secondary N) is 1. The predicted octanol–water partition coefficient (Wildman–Crippen LogP) is 3.29. The van der Waals surface area contributed by atoms with Crippen molar-refractivity contribution < 1.29 is 9.53 Å². The standard InChI is InChI=1S/C16H24N2O2/c1-10-7-8-12(9-11(10)2)18-14-6-4-5-13(15(14)17)16(19)20-3/h4-6,10-12,18H,7-9,17H2,1-3H3. The highest BCUT2D eigenvalue weighted by Gasteiger charge is 2.25. The summed E-state index contributed by atoms with van der Waals surface area (Å²) in [6, 6.07) is 5.87. The van der Waals surface area contributed by atoms with Gasteiger partial charge < -0.3 is 15.8 Å². The molecule has 1 saturated carbocycles. The first-order valence-corrected chi connectivity index (χ1v) is 7.26. The minimum Gasteiger partial charge on any atom is -0.465 e. The first-order chi connectivity index (χ1) is 9.52. The maximum absolute atomic E-state index is 11.6. The zero-order valence-electron chi connectivity index (χ0n) is 12.5. The highest BCUT2D eigenvalue weighted by Crippen LogP contribution is 2.32. The Labute approximate surface area is 120 Å². The van der Waals surface area contributed by atoms with Crippen LogP contribution in [0.1, 0.15) is 43.5 Å². The molecule has 0 bridgehead atoms. The Bertz CT molecular complexity index is 487. The van der Waals surface area contributed by atoms with Gasteiger partial charge >= 0.3 is 5.97 Å². The molecule has 0 aromatic heterocycles. The van der Waals surface area contributed by atoms with E-state index in [0.717, 1.165) is 24.4 Å². The number of nitrogens with two attached hydrogens (primary N) is 1. The number of carbonyl (C=O) groups is 1. The molecule has 3 unspecified atom stereocenters. The van der Waals surface area contributed by atoms with E-state index >= 15 is 0 Å². The second-order valence-electron chi connectivity index (χ2n) is 5.87. The minimum atomic E-state index is -0.392. The number of para-hydroxylation sites is 1. The third-order valence-electron chi connectivity index (χ3n) is 4.47. The van der Waals surface area contributed by atoms with Gasteiger partial charge in [-0.2, -0.15) is 0 Å². The molecule has 3 N–H and O–H groups in total. The van der Waals surface area contributed by atoms with Gasteiger partial charge in [0, 0.05) is 6.04 Å². The molecule has 3 atom stereocenters. The van der Waals surface area contributed by atoms with Gasteiger partial charge in [0.15, 0.2) is 0 Å². The molecular formula is C16H24N2O2. The number of hydrogen-bond donors (Lipinski definition) is 2. The minimum absolute atomic E-state index is 0.392. The molecule has 110 valence electrons. The third kappa shape index (κ3) is 3.06. The highest BCUT2D eigenvalue weighted by molar-refractivity contribution is 5.98. The summed E-state index contributed by atoms with van der Waals surface area (Å²) >= 11 is 0. The molecule has 1 aliphatic carbocycles. The molecule has 0 saturated heterocycles. The lowest BCUT2D eigenvalue weighted by Gasteiger charge is -2.33. The van der Waals surface area contributed by atoms with E-state index < -0.39 is 5.97 Å². The van der Waals surface area contributed by atoms with Crippen LogP contribution in [0.4, 0.5) is 11.4 Å². The Morgan fingerprint density at radius 1 is 1.30 bits per heavy atom. The molecule has 0 amide bonds. The van der Waals surface area contributed by atoms with Crippen molar-refractivity contribution >= 4 is 17.3 Å². The van der Waals surface area contributed by atoms with E-state index in [4.69, 9.17) is 10.5 Å². The Morgan fingerprint density at radius 3 is 2.70 bits per heavy atom. The van der Waals surface area contributed by atoms with E-state index in [1.807, 2.05) is 12.1 Å². The lowest BCUT2D eigenvalue weighted by atomic mass is 9.79. The fraction of sp³-hybridized carbons (Fsp3) is 0.562. The van der Waals surface area contributed by atoms with Gasteiger partial charge in [0.1, 0.15) is 0 Å². The quantitative estimate of drug-likeness (QED) is 0.657. The van der Waals surface area contributed by atoms with Crippen LogP contribution in [-0.4, -0.2) is 19.1 Å². The van der Waals surface area contributed by atoms with E-state index in [2.05, 4.69) is 19.2 Å². The fourth-order valence-corrected chi connectivity index (χ4v) is 2.88. The van der Waals surface area contributed by atoms with Crippen LogP contribution in [-0.2, 0) is 4.74 Å². The lowest BCUT2D eigenvalue weighted by Crippen LogP contribution is -2.30. The zero-order valence-corrected chi connectivity index (χ0v) is 12.5. The van der Waals surface area contributed by atoms with Gasteiger partial charge in [-0.1, -0.05) is 19.9 Å². The maximum atomic E-state index is 11.6. The molecule has 0 heterocycles. The molecule has 2 rings (SSSR count). The second kappa shape index (κ2) is 6.16. The first kappa shape index (κ1) is 14.7. The van der Waals surface area contributed by atoms with Gasteiger partial charge in [0.2, 0.25) is 0 Å². The molecule has 0 radical (unpaired) electrons. The van der Waals surface area contributed by atoms with Crippen LogP contribution < -0.4 is 11.1 Å². The monoisotopic (exact) mass is 276 g/mol. The van der Waals surface area contributed by atoms with Crippen molar-refractivity contribution in [2.75, 3.05) is 18.2 Å². The smallest absolute Gasteiger partial charge is 0.340 e. The van der Waals surface area contributed by atoms with Crippen LogP contribution in [0.25, 0.3) is 0 Å². The van der Waals surface area contributed by atoms with Crippen LogP contribution in [0.5, 0.6) is 0 Å². The Balaban J connectivity index is 2.12. The first-order valence-electron chi connectivity index (χ1n) is 7.26. The van der Waals surface area contributed by atoms with E-state index in [1.54, 1.807) is 6.07 Å². The molecule has 0 spiro atoms. The number of anilines is 2. The van der Waals surface area contributed by atoms with Crippen LogP contribution in [0.3, 0.4) is 0 Å². The summed E-state index contributed by atoms with van der Waals surface area (Å²) in [4.78, 5) is 11.6. The van der Waals surface area contributed by atoms with E-state index in [-0.39, 0.29) is 0 Å². The summed E-state index contributed by atoms with van der Waals surface area (Å²) in [5.41, 5.74) is 7.81. The number of benzene rings is 1. The van der Waals surface area contributed by atoms with Gasteiger partial charge in [0.25, 0.3) is 0 Å². The molecule has 1 aliphatic rings. The normalized spacial score (nSPS) is 26.1. The zero-order chi connectivity index (χ0) is 14.7. The van der Waals surface area contributed by atoms with Crippen LogP contribution >= 0.6 is 0 Å². The number of carbonyl (C=O) groups excluding carboxylic acids is 1. The van der Waals surface area contributed by atoms with E-state index in [0.29, 0.717) is 23.2 Å². The van der Waals surface area contributed by atoms with Gasteiger partial charge in [-0.3, -0.25) is 0 Å². The van der Waals surface area contributed by atoms with Crippen molar-refractivity contribution in [3.8, 4) is 0 Å². The predicted molar refractivity (Wildman–Crippen MR) is 81.8 cm³/mol. The molecule has 1 fully saturated rings. The average Bonchev–Trinajstić information content (AvgIpc) is 2.44. The highest BCUT2D eigenvalue weighted by atomic mass is 16.5. The summed E-state index contributed by atoms with van der Waals surface area (Å²) in [6.45, 7) is 4.61. The second-order valence-corrected chi connectivity index (χ2v) is 5.87. The summed E-state index contributed by atoms with van der Waals surface area (Å²) < 4.78 is 4.75. The molecule has 1 aromatic carbocycles. The van der Waals surface area contributed by atoms with Crippen LogP contribution in [0, 0.1) is 11.8 Å². The maximum Gasteiger partial charge on any atom is 0.340 e. The molecule has 4 heteroatoms. The molecular weight excluding hydrogens is 252 g/mol. The summed E-state index contributed by atoms with van der Waals surface area (Å²) in [5.74, 6) is 1.11. The van der Waals surface area contributed by atoms with Gasteiger partial charge in [-0.05, 0) is 43.2 Å². The van der Waals surface area contributed by atoms with Crippen molar-refractivity contribution in [3.63, 3.8) is 0 Å². The molecule has 0 aliphatic heterocycles. The average molecular weight is 276 g/mol. The van der Waals surface area contributed by atoms with E-state index in [9.17, 15) is 4.79 Å². The number of ether oxygens (including phenoxy) is 1. The van der Waals surface area contributed by atoms with Gasteiger partial charge in [-0.15, -0.1) is 0 Å². The van der Waals surface area contributed by atoms with E-state index in [1.165, 1.54) is 13.5 Å². The summed E-state index contributed by atoms with van der Waals surface area (Å²) in [7, 11) is 1.37. The van der Waals surface area contributed by atoms with Crippen molar-refractivity contribution in [2.45, 2.75) is 39.2 Å². The molecule has 1 aromatic rings. The van der Waals surface area contributed by atoms with Crippen molar-refractivity contribution in [1.82, 2.24) is 0 Å². The number of rotatable bonds is 3.